The number of nitrogens with two attached hydrogens (primary N) is 1. The fourth-order valence-electron chi connectivity index (χ4n) is 6.24. The van der Waals surface area contributed by atoms with Gasteiger partial charge in [-0.25, -0.2) is 4.39 Å². The Morgan fingerprint density at radius 2 is 1.97 bits per heavy atom. The Bertz CT molecular complexity index is 1190. The molecular formula is C28H31ClFN3O. The van der Waals surface area contributed by atoms with Crippen molar-refractivity contribution in [1.29, 1.82) is 0 Å². The summed E-state index contributed by atoms with van der Waals surface area (Å²) in [5.74, 6) is 1.20. The van der Waals surface area contributed by atoms with E-state index >= 15 is 0 Å². The van der Waals surface area contributed by atoms with Crippen LogP contribution in [-0.2, 0) is 4.79 Å². The zero-order valence-corrected chi connectivity index (χ0v) is 20.2. The van der Waals surface area contributed by atoms with Crippen LogP contribution in [0.15, 0.2) is 65.9 Å². The molecule has 1 amide bonds. The SMILES string of the molecule is C=C1CC=C(Cl)C=CC1NC(=O)C(C)(N)C1CC2CC(c3ccnc4ccc(F)cc34)C[C@@H]2C1. The number of allylic oxidation sites excluding steroid dienone is 3. The third-order valence-corrected chi connectivity index (χ3v) is 8.54. The summed E-state index contributed by atoms with van der Waals surface area (Å²) in [5, 5.41) is 4.65. The number of carbonyl (C=O) groups is 1. The lowest BCUT2D eigenvalue weighted by atomic mass is 9.81. The van der Waals surface area contributed by atoms with Crippen LogP contribution in [0.2, 0.25) is 0 Å². The fraction of sp³-hybridized carbons (Fsp3) is 0.429. The first-order valence-corrected chi connectivity index (χ1v) is 12.5. The molecule has 0 saturated heterocycles. The average molecular weight is 480 g/mol. The molecule has 0 spiro atoms. The average Bonchev–Trinajstić information content (AvgIpc) is 3.35. The molecule has 178 valence electrons. The largest absolute Gasteiger partial charge is 0.345 e. The van der Waals surface area contributed by atoms with Crippen LogP contribution in [0.25, 0.3) is 10.9 Å². The highest BCUT2D eigenvalue weighted by Gasteiger charge is 2.49. The van der Waals surface area contributed by atoms with E-state index in [-0.39, 0.29) is 23.7 Å². The monoisotopic (exact) mass is 479 g/mol. The molecule has 5 unspecified atom stereocenters. The molecular weight excluding hydrogens is 449 g/mol. The first-order valence-electron chi connectivity index (χ1n) is 12.1. The van der Waals surface area contributed by atoms with E-state index < -0.39 is 5.54 Å². The Morgan fingerprint density at radius 3 is 2.71 bits per heavy atom. The van der Waals surface area contributed by atoms with Gasteiger partial charge in [-0.05, 0) is 104 Å². The Kier molecular flexibility index (Phi) is 6.11. The predicted molar refractivity (Wildman–Crippen MR) is 135 cm³/mol. The second-order valence-corrected chi connectivity index (χ2v) is 10.9. The summed E-state index contributed by atoms with van der Waals surface area (Å²) in [7, 11) is 0. The van der Waals surface area contributed by atoms with Crippen molar-refractivity contribution in [3.63, 3.8) is 0 Å². The standard InChI is InChI=1S/C28H31ClFN3O/c1-16-3-4-21(29)5-7-25(16)33-27(34)28(2,31)20-13-17-11-19(12-18(17)14-20)23-9-10-32-26-8-6-22(30)15-24(23)26/h4-10,15,17-20,25H,1,3,11-14,31H2,2H3,(H,33,34)/t17-,18?,19?,20?,25?,28?/m1/s1. The van der Waals surface area contributed by atoms with Gasteiger partial charge in [0.05, 0.1) is 17.1 Å². The van der Waals surface area contributed by atoms with Crippen LogP contribution >= 0.6 is 11.6 Å². The van der Waals surface area contributed by atoms with Crippen molar-refractivity contribution in [2.45, 2.75) is 56.5 Å². The van der Waals surface area contributed by atoms with Crippen LogP contribution in [0.4, 0.5) is 4.39 Å². The van der Waals surface area contributed by atoms with Gasteiger partial charge in [-0.3, -0.25) is 9.78 Å². The second kappa shape index (κ2) is 8.94. The number of aromatic nitrogens is 1. The van der Waals surface area contributed by atoms with Gasteiger partial charge in [0.15, 0.2) is 0 Å². The lowest BCUT2D eigenvalue weighted by molar-refractivity contribution is -0.128. The predicted octanol–water partition coefficient (Wildman–Crippen LogP) is 5.73. The van der Waals surface area contributed by atoms with Gasteiger partial charge in [0.25, 0.3) is 0 Å². The van der Waals surface area contributed by atoms with E-state index in [4.69, 9.17) is 17.3 Å². The van der Waals surface area contributed by atoms with Gasteiger partial charge in [0, 0.05) is 16.6 Å². The Labute approximate surface area is 205 Å². The molecule has 2 aromatic rings. The summed E-state index contributed by atoms with van der Waals surface area (Å²) in [4.78, 5) is 17.6. The number of hydrogen-bond acceptors (Lipinski definition) is 3. The number of halogens is 2. The summed E-state index contributed by atoms with van der Waals surface area (Å²) in [6.07, 6.45) is 12.0. The van der Waals surface area contributed by atoms with Gasteiger partial charge in [-0.1, -0.05) is 30.3 Å². The molecule has 2 fully saturated rings. The smallest absolute Gasteiger partial charge is 0.240 e. The summed E-state index contributed by atoms with van der Waals surface area (Å²) < 4.78 is 13.9. The van der Waals surface area contributed by atoms with E-state index in [1.165, 1.54) is 11.6 Å². The zero-order chi connectivity index (χ0) is 24.0. The van der Waals surface area contributed by atoms with Gasteiger partial charge >= 0.3 is 0 Å². The minimum Gasteiger partial charge on any atom is -0.345 e. The van der Waals surface area contributed by atoms with E-state index in [9.17, 15) is 9.18 Å². The first kappa shape index (κ1) is 23.3. The maximum atomic E-state index is 13.9. The normalized spacial score (nSPS) is 30.5. The van der Waals surface area contributed by atoms with Crippen molar-refractivity contribution >= 4 is 28.4 Å². The summed E-state index contributed by atoms with van der Waals surface area (Å²) in [5.41, 5.74) is 8.65. The quantitative estimate of drug-likeness (QED) is 0.550. The first-order chi connectivity index (χ1) is 16.2. The lowest BCUT2D eigenvalue weighted by Gasteiger charge is -2.33. The van der Waals surface area contributed by atoms with Crippen LogP contribution < -0.4 is 11.1 Å². The van der Waals surface area contributed by atoms with Gasteiger partial charge in [0.2, 0.25) is 5.91 Å². The molecule has 3 aliphatic rings. The number of nitrogens with zero attached hydrogens (tertiary/aromatic N) is 1. The van der Waals surface area contributed by atoms with E-state index in [0.717, 1.165) is 42.2 Å². The van der Waals surface area contributed by atoms with E-state index in [0.29, 0.717) is 29.2 Å². The molecule has 5 rings (SSSR count). The van der Waals surface area contributed by atoms with E-state index in [1.807, 2.05) is 31.3 Å². The molecule has 0 radical (unpaired) electrons. The zero-order valence-electron chi connectivity index (χ0n) is 19.4. The molecule has 3 aliphatic carbocycles. The Morgan fingerprint density at radius 1 is 1.24 bits per heavy atom. The van der Waals surface area contributed by atoms with Gasteiger partial charge in [-0.15, -0.1) is 0 Å². The highest BCUT2D eigenvalue weighted by atomic mass is 35.5. The number of pyridine rings is 1. The van der Waals surface area contributed by atoms with Crippen LogP contribution in [-0.4, -0.2) is 22.5 Å². The number of carbonyl (C=O) groups excluding carboxylic acids is 1. The van der Waals surface area contributed by atoms with E-state index in [1.54, 1.807) is 18.2 Å². The number of amides is 1. The molecule has 3 N–H and O–H groups in total. The van der Waals surface area contributed by atoms with Gasteiger partial charge < -0.3 is 11.1 Å². The number of rotatable bonds is 4. The summed E-state index contributed by atoms with van der Waals surface area (Å²) in [6.45, 7) is 5.96. The van der Waals surface area contributed by atoms with Crippen molar-refractivity contribution in [2.75, 3.05) is 0 Å². The molecule has 2 saturated carbocycles. The van der Waals surface area contributed by atoms with E-state index in [2.05, 4.69) is 16.9 Å². The molecule has 0 aliphatic heterocycles. The topological polar surface area (TPSA) is 68.0 Å². The fourth-order valence-corrected chi connectivity index (χ4v) is 6.39. The van der Waals surface area contributed by atoms with Gasteiger partial charge in [-0.2, -0.15) is 0 Å². The summed E-state index contributed by atoms with van der Waals surface area (Å²) in [6, 6.07) is 6.59. The maximum absolute atomic E-state index is 13.9. The highest BCUT2D eigenvalue weighted by molar-refractivity contribution is 6.31. The van der Waals surface area contributed by atoms with Crippen molar-refractivity contribution in [3.8, 4) is 0 Å². The Balaban J connectivity index is 1.26. The molecule has 0 bridgehead atoms. The molecule has 6 heteroatoms. The molecule has 6 atom stereocenters. The Hall–Kier alpha value is -2.50. The second-order valence-electron chi connectivity index (χ2n) is 10.5. The summed E-state index contributed by atoms with van der Waals surface area (Å²) >= 11 is 6.11. The van der Waals surface area contributed by atoms with Crippen LogP contribution in [0.5, 0.6) is 0 Å². The van der Waals surface area contributed by atoms with Crippen LogP contribution in [0, 0.1) is 23.6 Å². The van der Waals surface area contributed by atoms with Crippen molar-refractivity contribution in [1.82, 2.24) is 10.3 Å². The molecule has 4 nitrogen and oxygen atoms in total. The van der Waals surface area contributed by atoms with Gasteiger partial charge in [0.1, 0.15) is 5.82 Å². The molecule has 1 aromatic carbocycles. The maximum Gasteiger partial charge on any atom is 0.240 e. The van der Waals surface area contributed by atoms with Crippen LogP contribution in [0.1, 0.15) is 50.5 Å². The third-order valence-electron chi connectivity index (χ3n) is 8.26. The number of hydrogen-bond donors (Lipinski definition) is 2. The van der Waals surface area contributed by atoms with Crippen molar-refractivity contribution < 1.29 is 9.18 Å². The molecule has 34 heavy (non-hydrogen) atoms. The third kappa shape index (κ3) is 4.32. The number of nitrogens with one attached hydrogen (secondary N) is 1. The number of fused-ring (bicyclic) bond motifs is 2. The number of benzene rings is 1. The van der Waals surface area contributed by atoms with Crippen LogP contribution in [0.3, 0.4) is 0 Å². The molecule has 1 aromatic heterocycles. The minimum absolute atomic E-state index is 0.125. The molecule has 1 heterocycles. The van der Waals surface area contributed by atoms with Crippen molar-refractivity contribution in [3.05, 3.63) is 77.3 Å². The minimum atomic E-state index is -0.954. The van der Waals surface area contributed by atoms with Crippen molar-refractivity contribution in [2.24, 2.45) is 23.5 Å². The highest BCUT2D eigenvalue weighted by Crippen LogP contribution is 2.55. The lowest BCUT2D eigenvalue weighted by Crippen LogP contribution is -2.58.